The minimum absolute atomic E-state index is 0.201. The van der Waals surface area contributed by atoms with Gasteiger partial charge in [-0.05, 0) is 54.8 Å². The summed E-state index contributed by atoms with van der Waals surface area (Å²) in [5.41, 5.74) is 6.55. The third-order valence-electron chi connectivity index (χ3n) is 4.68. The molecule has 0 aliphatic rings. The summed E-state index contributed by atoms with van der Waals surface area (Å²) in [4.78, 5) is 9.06. The van der Waals surface area contributed by atoms with Gasteiger partial charge < -0.3 is 4.40 Å². The van der Waals surface area contributed by atoms with Crippen LogP contribution in [0.15, 0.2) is 61.1 Å². The number of rotatable bonds is 3. The number of aromatic nitrogens is 3. The zero-order valence-corrected chi connectivity index (χ0v) is 15.1. The molecule has 26 heavy (non-hydrogen) atoms. The Morgan fingerprint density at radius 1 is 1.00 bits per heavy atom. The van der Waals surface area contributed by atoms with Gasteiger partial charge in [0.25, 0.3) is 0 Å². The highest BCUT2D eigenvalue weighted by atomic mass is 19.1. The molecule has 3 heterocycles. The van der Waals surface area contributed by atoms with Crippen molar-refractivity contribution in [2.75, 3.05) is 0 Å². The van der Waals surface area contributed by atoms with E-state index in [1.165, 1.54) is 11.8 Å². The third kappa shape index (κ3) is 2.77. The van der Waals surface area contributed by atoms with Crippen molar-refractivity contribution in [1.29, 1.82) is 0 Å². The van der Waals surface area contributed by atoms with Gasteiger partial charge in [0.1, 0.15) is 11.5 Å². The molecular formula is C22H20FN3. The van der Waals surface area contributed by atoms with Crippen LogP contribution in [0.4, 0.5) is 4.39 Å². The summed E-state index contributed by atoms with van der Waals surface area (Å²) in [6.07, 6.45) is 5.80. The highest BCUT2D eigenvalue weighted by molar-refractivity contribution is 5.81. The van der Waals surface area contributed by atoms with Crippen LogP contribution in [-0.4, -0.2) is 14.4 Å². The molecule has 0 radical (unpaired) electrons. The molecule has 1 aromatic carbocycles. The fourth-order valence-electron chi connectivity index (χ4n) is 3.25. The van der Waals surface area contributed by atoms with Crippen LogP contribution >= 0.6 is 0 Å². The van der Waals surface area contributed by atoms with Crippen LogP contribution in [0.2, 0.25) is 0 Å². The van der Waals surface area contributed by atoms with Crippen molar-refractivity contribution in [3.05, 3.63) is 78.1 Å². The molecule has 0 unspecified atom stereocenters. The van der Waals surface area contributed by atoms with Crippen LogP contribution in [0, 0.1) is 12.7 Å². The van der Waals surface area contributed by atoms with Gasteiger partial charge in [0.2, 0.25) is 0 Å². The fourth-order valence-corrected chi connectivity index (χ4v) is 3.25. The zero-order chi connectivity index (χ0) is 18.3. The zero-order valence-electron chi connectivity index (χ0n) is 15.1. The molecule has 130 valence electrons. The summed E-state index contributed by atoms with van der Waals surface area (Å²) in [7, 11) is 0. The molecule has 0 spiro atoms. The molecule has 4 aromatic rings. The van der Waals surface area contributed by atoms with Crippen molar-refractivity contribution in [2.24, 2.45) is 0 Å². The monoisotopic (exact) mass is 345 g/mol. The van der Waals surface area contributed by atoms with Gasteiger partial charge in [-0.25, -0.2) is 9.37 Å². The van der Waals surface area contributed by atoms with Crippen molar-refractivity contribution >= 4 is 5.65 Å². The van der Waals surface area contributed by atoms with E-state index in [2.05, 4.69) is 40.5 Å². The van der Waals surface area contributed by atoms with Gasteiger partial charge in [0, 0.05) is 41.0 Å². The molecule has 0 saturated heterocycles. The molecule has 0 bridgehead atoms. The molecule has 3 aromatic heterocycles. The number of aryl methyl sites for hydroxylation is 1. The largest absolute Gasteiger partial charge is 0.303 e. The van der Waals surface area contributed by atoms with Crippen molar-refractivity contribution in [3.63, 3.8) is 0 Å². The highest BCUT2D eigenvalue weighted by Gasteiger charge is 2.13. The van der Waals surface area contributed by atoms with Crippen LogP contribution in [0.5, 0.6) is 0 Å². The number of benzene rings is 1. The molecule has 3 nitrogen and oxygen atoms in total. The smallest absolute Gasteiger partial charge is 0.136 e. The standard InChI is InChI=1S/C22H20FN3/c1-14(2)20-12-25-21-9-7-17(13-26(20)21)18-5-4-10-24-22(18)16-6-8-19(23)15(3)11-16/h4-14H,1-3H3. The van der Waals surface area contributed by atoms with E-state index in [4.69, 9.17) is 0 Å². The van der Waals surface area contributed by atoms with E-state index in [9.17, 15) is 4.39 Å². The first-order valence-electron chi connectivity index (χ1n) is 8.73. The molecule has 0 N–H and O–H groups in total. The van der Waals surface area contributed by atoms with Gasteiger partial charge in [-0.15, -0.1) is 0 Å². The van der Waals surface area contributed by atoms with E-state index in [1.807, 2.05) is 30.5 Å². The first kappa shape index (κ1) is 16.5. The second-order valence-electron chi connectivity index (χ2n) is 6.85. The van der Waals surface area contributed by atoms with E-state index in [1.54, 1.807) is 19.2 Å². The minimum Gasteiger partial charge on any atom is -0.303 e. The average molecular weight is 345 g/mol. The number of nitrogens with zero attached hydrogens (tertiary/aromatic N) is 3. The Labute approximate surface area is 152 Å². The van der Waals surface area contributed by atoms with Gasteiger partial charge in [-0.1, -0.05) is 19.9 Å². The van der Waals surface area contributed by atoms with Gasteiger partial charge in [-0.3, -0.25) is 4.98 Å². The van der Waals surface area contributed by atoms with Crippen molar-refractivity contribution < 1.29 is 4.39 Å². The maximum atomic E-state index is 13.7. The normalized spacial score (nSPS) is 11.4. The number of fused-ring (bicyclic) bond motifs is 1. The lowest BCUT2D eigenvalue weighted by atomic mass is 9.99. The van der Waals surface area contributed by atoms with E-state index >= 15 is 0 Å². The Bertz CT molecular complexity index is 1100. The van der Waals surface area contributed by atoms with Crippen LogP contribution in [0.1, 0.15) is 31.0 Å². The van der Waals surface area contributed by atoms with Crippen molar-refractivity contribution in [3.8, 4) is 22.4 Å². The Morgan fingerprint density at radius 3 is 2.58 bits per heavy atom. The third-order valence-corrected chi connectivity index (χ3v) is 4.68. The summed E-state index contributed by atoms with van der Waals surface area (Å²) in [5, 5.41) is 0. The molecule has 0 fully saturated rings. The Kier molecular flexibility index (Phi) is 4.03. The maximum absolute atomic E-state index is 13.7. The second-order valence-corrected chi connectivity index (χ2v) is 6.85. The molecular weight excluding hydrogens is 325 g/mol. The summed E-state index contributed by atoms with van der Waals surface area (Å²) in [6.45, 7) is 6.09. The lowest BCUT2D eigenvalue weighted by Crippen LogP contribution is -1.96. The van der Waals surface area contributed by atoms with E-state index in [0.29, 0.717) is 11.5 Å². The average Bonchev–Trinajstić information content (AvgIpc) is 3.07. The van der Waals surface area contributed by atoms with Gasteiger partial charge >= 0.3 is 0 Å². The number of imidazole rings is 1. The quantitative estimate of drug-likeness (QED) is 0.481. The number of halogens is 1. The highest BCUT2D eigenvalue weighted by Crippen LogP contribution is 2.31. The lowest BCUT2D eigenvalue weighted by Gasteiger charge is -2.12. The predicted molar refractivity (Wildman–Crippen MR) is 103 cm³/mol. The summed E-state index contributed by atoms with van der Waals surface area (Å²) < 4.78 is 15.8. The van der Waals surface area contributed by atoms with Crippen molar-refractivity contribution in [2.45, 2.75) is 26.7 Å². The molecule has 0 aliphatic carbocycles. The first-order chi connectivity index (χ1) is 12.5. The van der Waals surface area contributed by atoms with Gasteiger partial charge in [0.15, 0.2) is 0 Å². The molecule has 0 aliphatic heterocycles. The summed E-state index contributed by atoms with van der Waals surface area (Å²) in [6, 6.07) is 13.2. The molecule has 4 heteroatoms. The topological polar surface area (TPSA) is 30.2 Å². The van der Waals surface area contributed by atoms with Crippen LogP contribution in [0.3, 0.4) is 0 Å². The van der Waals surface area contributed by atoms with E-state index < -0.39 is 0 Å². The molecule has 0 saturated carbocycles. The number of pyridine rings is 2. The van der Waals surface area contributed by atoms with Gasteiger partial charge in [0.05, 0.1) is 5.69 Å². The SMILES string of the molecule is Cc1cc(-c2ncccc2-c2ccc3ncc(C(C)C)n3c2)ccc1F. The maximum Gasteiger partial charge on any atom is 0.136 e. The van der Waals surface area contributed by atoms with E-state index in [0.717, 1.165) is 28.0 Å². The van der Waals surface area contributed by atoms with E-state index in [-0.39, 0.29) is 5.82 Å². The minimum atomic E-state index is -0.201. The molecule has 4 rings (SSSR count). The predicted octanol–water partition coefficient (Wildman–Crippen LogP) is 5.63. The lowest BCUT2D eigenvalue weighted by molar-refractivity contribution is 0.619. The number of hydrogen-bond acceptors (Lipinski definition) is 2. The van der Waals surface area contributed by atoms with Crippen LogP contribution < -0.4 is 0 Å². The molecule has 0 atom stereocenters. The van der Waals surface area contributed by atoms with Crippen LogP contribution in [-0.2, 0) is 0 Å². The van der Waals surface area contributed by atoms with Gasteiger partial charge in [-0.2, -0.15) is 0 Å². The Hall–Kier alpha value is -3.01. The van der Waals surface area contributed by atoms with Crippen LogP contribution in [0.25, 0.3) is 28.0 Å². The molecule has 0 amide bonds. The fraction of sp³-hybridized carbons (Fsp3) is 0.182. The summed E-state index contributed by atoms with van der Waals surface area (Å²) in [5.74, 6) is 0.181. The Balaban J connectivity index is 1.90. The summed E-state index contributed by atoms with van der Waals surface area (Å²) >= 11 is 0. The first-order valence-corrected chi connectivity index (χ1v) is 8.73. The Morgan fingerprint density at radius 2 is 1.81 bits per heavy atom. The second kappa shape index (κ2) is 6.37. The van der Waals surface area contributed by atoms with Crippen molar-refractivity contribution in [1.82, 2.24) is 14.4 Å². The number of hydrogen-bond donors (Lipinski definition) is 0.